The number of rotatable bonds is 6. The number of nitrogens with one attached hydrogen (secondary N) is 1. The van der Waals surface area contributed by atoms with Gasteiger partial charge in [0.25, 0.3) is 0 Å². The van der Waals surface area contributed by atoms with Gasteiger partial charge in [0.15, 0.2) is 0 Å². The van der Waals surface area contributed by atoms with Crippen LogP contribution in [0.25, 0.3) is 0 Å². The van der Waals surface area contributed by atoms with Gasteiger partial charge in [-0.05, 0) is 38.0 Å². The van der Waals surface area contributed by atoms with Crippen molar-refractivity contribution in [2.24, 2.45) is 11.7 Å². The number of nitrogens with two attached hydrogens (primary N) is 1. The second kappa shape index (κ2) is 8.89. The van der Waals surface area contributed by atoms with E-state index in [4.69, 9.17) is 10.5 Å². The summed E-state index contributed by atoms with van der Waals surface area (Å²) in [6, 6.07) is 5.73. The van der Waals surface area contributed by atoms with Crippen LogP contribution in [-0.4, -0.2) is 38.1 Å². The molecule has 1 aromatic rings. The van der Waals surface area contributed by atoms with Crippen molar-refractivity contribution in [3.05, 3.63) is 23.8 Å². The van der Waals surface area contributed by atoms with Crippen molar-refractivity contribution < 1.29 is 14.3 Å². The summed E-state index contributed by atoms with van der Waals surface area (Å²) in [6.07, 6.45) is 0.947. The maximum Gasteiger partial charge on any atom is 0.227 e. The van der Waals surface area contributed by atoms with Crippen LogP contribution in [-0.2, 0) is 9.59 Å². The molecule has 1 aromatic carbocycles. The Balaban J connectivity index is 0.00000288. The summed E-state index contributed by atoms with van der Waals surface area (Å²) in [5.41, 5.74) is 7.44. The smallest absolute Gasteiger partial charge is 0.227 e. The molecule has 0 aliphatic carbocycles. The highest BCUT2D eigenvalue weighted by Gasteiger charge is 2.36. The molecule has 0 aromatic heterocycles. The van der Waals surface area contributed by atoms with E-state index < -0.39 is 0 Å². The lowest BCUT2D eigenvalue weighted by Crippen LogP contribution is -2.35. The fraction of sp³-hybridized carbons (Fsp3) is 0.529. The van der Waals surface area contributed by atoms with Crippen LogP contribution in [0.15, 0.2) is 18.2 Å². The molecule has 1 aliphatic heterocycles. The van der Waals surface area contributed by atoms with Gasteiger partial charge in [-0.3, -0.25) is 9.59 Å². The molecule has 0 radical (unpaired) electrons. The van der Waals surface area contributed by atoms with E-state index in [9.17, 15) is 9.59 Å². The quantitative estimate of drug-likeness (QED) is 0.812. The standard InChI is InChI=1S/C17H25N3O3.ClH/c1-11-4-5-15(23-3)14(8-11)20-10-13(9-16(20)21)17(22)19-7-6-12(2)18;/h4-5,8,12-13H,6-7,9-10,18H2,1-3H3,(H,19,22);1H. The molecule has 3 N–H and O–H groups in total. The minimum Gasteiger partial charge on any atom is -0.495 e. The second-order valence-electron chi connectivity index (χ2n) is 6.14. The lowest BCUT2D eigenvalue weighted by molar-refractivity contribution is -0.126. The van der Waals surface area contributed by atoms with Crippen LogP contribution in [0.5, 0.6) is 5.75 Å². The van der Waals surface area contributed by atoms with E-state index in [-0.39, 0.29) is 42.6 Å². The summed E-state index contributed by atoms with van der Waals surface area (Å²) in [5.74, 6) is 0.164. The van der Waals surface area contributed by atoms with E-state index in [1.807, 2.05) is 32.0 Å². The van der Waals surface area contributed by atoms with Crippen LogP contribution in [0.1, 0.15) is 25.3 Å². The average Bonchev–Trinajstić information content (AvgIpc) is 2.88. The minimum atomic E-state index is -0.333. The number of methoxy groups -OCH3 is 1. The Bertz CT molecular complexity index is 592. The molecule has 1 fully saturated rings. The number of halogens is 1. The van der Waals surface area contributed by atoms with Gasteiger partial charge in [0, 0.05) is 25.6 Å². The molecule has 2 atom stereocenters. The van der Waals surface area contributed by atoms with Crippen molar-refractivity contribution in [1.82, 2.24) is 5.32 Å². The van der Waals surface area contributed by atoms with Gasteiger partial charge < -0.3 is 20.7 Å². The number of amides is 2. The van der Waals surface area contributed by atoms with Gasteiger partial charge >= 0.3 is 0 Å². The number of anilines is 1. The molecule has 2 amide bonds. The van der Waals surface area contributed by atoms with Gasteiger partial charge in [0.2, 0.25) is 11.8 Å². The van der Waals surface area contributed by atoms with Crippen molar-refractivity contribution in [1.29, 1.82) is 0 Å². The summed E-state index contributed by atoms with van der Waals surface area (Å²) in [4.78, 5) is 26.2. The fourth-order valence-corrected chi connectivity index (χ4v) is 2.69. The Labute approximate surface area is 149 Å². The molecule has 1 heterocycles. The van der Waals surface area contributed by atoms with E-state index in [0.29, 0.717) is 18.8 Å². The lowest BCUT2D eigenvalue weighted by Gasteiger charge is -2.20. The molecule has 2 rings (SSSR count). The van der Waals surface area contributed by atoms with Gasteiger partial charge in [-0.25, -0.2) is 0 Å². The number of carbonyl (C=O) groups is 2. The molecular weight excluding hydrogens is 330 g/mol. The zero-order chi connectivity index (χ0) is 17.0. The predicted molar refractivity (Wildman–Crippen MR) is 96.7 cm³/mol. The van der Waals surface area contributed by atoms with E-state index >= 15 is 0 Å². The number of benzene rings is 1. The first-order valence-corrected chi connectivity index (χ1v) is 7.90. The third kappa shape index (κ3) is 4.85. The molecule has 1 saturated heterocycles. The molecule has 6 nitrogen and oxygen atoms in total. The second-order valence-corrected chi connectivity index (χ2v) is 6.14. The zero-order valence-electron chi connectivity index (χ0n) is 14.4. The molecule has 2 unspecified atom stereocenters. The lowest BCUT2D eigenvalue weighted by atomic mass is 10.1. The molecule has 0 saturated carbocycles. The largest absolute Gasteiger partial charge is 0.495 e. The Kier molecular flexibility index (Phi) is 7.51. The zero-order valence-corrected chi connectivity index (χ0v) is 15.2. The van der Waals surface area contributed by atoms with Gasteiger partial charge in [-0.15, -0.1) is 12.4 Å². The first kappa shape index (κ1) is 20.3. The highest BCUT2D eigenvalue weighted by Crippen LogP contribution is 2.33. The summed E-state index contributed by atoms with van der Waals surface area (Å²) in [7, 11) is 1.58. The summed E-state index contributed by atoms with van der Waals surface area (Å²) < 4.78 is 5.34. The molecule has 7 heteroatoms. The predicted octanol–water partition coefficient (Wildman–Crippen LogP) is 1.63. The normalized spacial score (nSPS) is 18.1. The van der Waals surface area contributed by atoms with Crippen molar-refractivity contribution in [2.45, 2.75) is 32.7 Å². The number of carbonyl (C=O) groups excluding carboxylic acids is 2. The molecule has 24 heavy (non-hydrogen) atoms. The van der Waals surface area contributed by atoms with Gasteiger partial charge in [0.1, 0.15) is 5.75 Å². The minimum absolute atomic E-state index is 0. The fourth-order valence-electron chi connectivity index (χ4n) is 2.69. The van der Waals surface area contributed by atoms with Crippen molar-refractivity contribution in [2.75, 3.05) is 25.1 Å². The summed E-state index contributed by atoms with van der Waals surface area (Å²) in [5, 5.41) is 2.86. The van der Waals surface area contributed by atoms with Crippen LogP contribution >= 0.6 is 12.4 Å². The first-order valence-electron chi connectivity index (χ1n) is 7.90. The van der Waals surface area contributed by atoms with Gasteiger partial charge in [0.05, 0.1) is 18.7 Å². The van der Waals surface area contributed by atoms with E-state index in [0.717, 1.165) is 17.7 Å². The van der Waals surface area contributed by atoms with E-state index in [1.54, 1.807) is 12.0 Å². The Morgan fingerprint density at radius 3 is 2.83 bits per heavy atom. The monoisotopic (exact) mass is 355 g/mol. The number of hydrogen-bond donors (Lipinski definition) is 2. The summed E-state index contributed by atoms with van der Waals surface area (Å²) >= 11 is 0. The van der Waals surface area contributed by atoms with Crippen molar-refractivity contribution in [3.8, 4) is 5.75 Å². The first-order chi connectivity index (χ1) is 10.9. The van der Waals surface area contributed by atoms with Crippen LogP contribution in [0.3, 0.4) is 0 Å². The SMILES string of the molecule is COc1ccc(C)cc1N1CC(C(=O)NCCC(C)N)CC1=O.Cl. The van der Waals surface area contributed by atoms with E-state index in [2.05, 4.69) is 5.32 Å². The Morgan fingerprint density at radius 2 is 2.21 bits per heavy atom. The molecule has 1 aliphatic rings. The molecular formula is C17H26ClN3O3. The average molecular weight is 356 g/mol. The Hall–Kier alpha value is -1.79. The van der Waals surface area contributed by atoms with E-state index in [1.165, 1.54) is 0 Å². The van der Waals surface area contributed by atoms with Crippen LogP contribution in [0, 0.1) is 12.8 Å². The van der Waals surface area contributed by atoms with Crippen LogP contribution in [0.4, 0.5) is 5.69 Å². The topological polar surface area (TPSA) is 84.7 Å². The summed E-state index contributed by atoms with van der Waals surface area (Å²) in [6.45, 7) is 4.77. The molecule has 0 bridgehead atoms. The highest BCUT2D eigenvalue weighted by atomic mass is 35.5. The maximum atomic E-state index is 12.3. The van der Waals surface area contributed by atoms with Gasteiger partial charge in [-0.1, -0.05) is 6.07 Å². The number of aryl methyl sites for hydroxylation is 1. The van der Waals surface area contributed by atoms with Crippen molar-refractivity contribution in [3.63, 3.8) is 0 Å². The van der Waals surface area contributed by atoms with Crippen LogP contribution < -0.4 is 20.7 Å². The van der Waals surface area contributed by atoms with Gasteiger partial charge in [-0.2, -0.15) is 0 Å². The van der Waals surface area contributed by atoms with Crippen LogP contribution in [0.2, 0.25) is 0 Å². The number of nitrogens with zero attached hydrogens (tertiary/aromatic N) is 1. The Morgan fingerprint density at radius 1 is 1.50 bits per heavy atom. The maximum absolute atomic E-state index is 12.3. The third-order valence-corrected chi connectivity index (χ3v) is 4.02. The third-order valence-electron chi connectivity index (χ3n) is 4.02. The highest BCUT2D eigenvalue weighted by molar-refractivity contribution is 6.01. The number of hydrogen-bond acceptors (Lipinski definition) is 4. The van der Waals surface area contributed by atoms with Crippen molar-refractivity contribution >= 4 is 29.9 Å². The molecule has 134 valence electrons. The molecule has 0 spiro atoms. The number of ether oxygens (including phenoxy) is 1.